The van der Waals surface area contributed by atoms with E-state index >= 15 is 0 Å². The van der Waals surface area contributed by atoms with Crippen molar-refractivity contribution < 1.29 is 4.79 Å². The second-order valence-corrected chi connectivity index (χ2v) is 5.68. The fourth-order valence-electron chi connectivity index (χ4n) is 2.63. The molecule has 96 valence electrons. The Kier molecular flexibility index (Phi) is 3.34. The Hall–Kier alpha value is -1.31. The van der Waals surface area contributed by atoms with Gasteiger partial charge in [-0.25, -0.2) is 0 Å². The van der Waals surface area contributed by atoms with E-state index in [0.29, 0.717) is 15.6 Å². The SMILES string of the molecule is O=C(c1ccc(Cl)c(Cl)c1)C1Cc2ccccc2C1. The van der Waals surface area contributed by atoms with Crippen LogP contribution in [0.4, 0.5) is 0 Å². The van der Waals surface area contributed by atoms with Gasteiger partial charge in [-0.15, -0.1) is 0 Å². The molecule has 19 heavy (non-hydrogen) atoms. The van der Waals surface area contributed by atoms with Crippen molar-refractivity contribution in [2.75, 3.05) is 0 Å². The van der Waals surface area contributed by atoms with Crippen molar-refractivity contribution in [1.82, 2.24) is 0 Å². The highest BCUT2D eigenvalue weighted by Crippen LogP contribution is 2.30. The molecule has 0 saturated carbocycles. The minimum atomic E-state index is 0.0228. The average molecular weight is 291 g/mol. The van der Waals surface area contributed by atoms with Crippen LogP contribution in [0.1, 0.15) is 21.5 Å². The molecule has 0 saturated heterocycles. The van der Waals surface area contributed by atoms with E-state index in [1.54, 1.807) is 18.2 Å². The third-order valence-electron chi connectivity index (χ3n) is 3.63. The number of carbonyl (C=O) groups excluding carboxylic acids is 1. The van der Waals surface area contributed by atoms with Gasteiger partial charge in [0, 0.05) is 11.5 Å². The first-order valence-corrected chi connectivity index (χ1v) is 6.97. The summed E-state index contributed by atoms with van der Waals surface area (Å²) in [6, 6.07) is 13.3. The molecule has 1 aliphatic rings. The number of halogens is 2. The van der Waals surface area contributed by atoms with Crippen LogP contribution < -0.4 is 0 Å². The lowest BCUT2D eigenvalue weighted by molar-refractivity contribution is 0.0925. The van der Waals surface area contributed by atoms with Crippen LogP contribution in [0.3, 0.4) is 0 Å². The zero-order valence-electron chi connectivity index (χ0n) is 10.2. The van der Waals surface area contributed by atoms with Crippen molar-refractivity contribution >= 4 is 29.0 Å². The Morgan fingerprint density at radius 1 is 0.947 bits per heavy atom. The summed E-state index contributed by atoms with van der Waals surface area (Å²) in [5.74, 6) is 0.171. The van der Waals surface area contributed by atoms with Crippen LogP contribution in [0.5, 0.6) is 0 Å². The summed E-state index contributed by atoms with van der Waals surface area (Å²) in [6.45, 7) is 0. The molecule has 0 spiro atoms. The third kappa shape index (κ3) is 2.41. The van der Waals surface area contributed by atoms with E-state index in [-0.39, 0.29) is 11.7 Å². The molecule has 0 unspecified atom stereocenters. The minimum Gasteiger partial charge on any atom is -0.294 e. The normalized spacial score (nSPS) is 14.4. The Morgan fingerprint density at radius 3 is 2.16 bits per heavy atom. The standard InChI is InChI=1S/C16H12Cl2O/c17-14-6-5-12(9-15(14)18)16(19)13-7-10-3-1-2-4-11(10)8-13/h1-6,9,13H,7-8H2. The molecule has 0 N–H and O–H groups in total. The predicted molar refractivity (Wildman–Crippen MR) is 78.1 cm³/mol. The molecule has 3 heteroatoms. The first kappa shape index (κ1) is 12.7. The Bertz CT molecular complexity index is 624. The number of rotatable bonds is 2. The molecular weight excluding hydrogens is 279 g/mol. The fourth-order valence-corrected chi connectivity index (χ4v) is 2.93. The smallest absolute Gasteiger partial charge is 0.166 e. The van der Waals surface area contributed by atoms with Gasteiger partial charge in [0.15, 0.2) is 5.78 Å². The van der Waals surface area contributed by atoms with Crippen LogP contribution in [-0.4, -0.2) is 5.78 Å². The van der Waals surface area contributed by atoms with Crippen LogP contribution in [0.25, 0.3) is 0 Å². The van der Waals surface area contributed by atoms with E-state index in [1.807, 2.05) is 12.1 Å². The molecule has 0 amide bonds. The van der Waals surface area contributed by atoms with Crippen molar-refractivity contribution in [3.8, 4) is 0 Å². The van der Waals surface area contributed by atoms with E-state index in [0.717, 1.165) is 12.8 Å². The Balaban J connectivity index is 1.85. The molecule has 1 aliphatic carbocycles. The molecule has 3 rings (SSSR count). The molecule has 0 aliphatic heterocycles. The maximum absolute atomic E-state index is 12.5. The highest BCUT2D eigenvalue weighted by Gasteiger charge is 2.27. The van der Waals surface area contributed by atoms with E-state index in [1.165, 1.54) is 11.1 Å². The molecule has 0 bridgehead atoms. The summed E-state index contributed by atoms with van der Waals surface area (Å²) >= 11 is 11.8. The molecule has 0 atom stereocenters. The van der Waals surface area contributed by atoms with Gasteiger partial charge in [0.05, 0.1) is 10.0 Å². The highest BCUT2D eigenvalue weighted by molar-refractivity contribution is 6.42. The topological polar surface area (TPSA) is 17.1 Å². The molecule has 2 aromatic carbocycles. The van der Waals surface area contributed by atoms with Gasteiger partial charge >= 0.3 is 0 Å². The number of Topliss-reactive ketones (excluding diaryl/α,β-unsaturated/α-hetero) is 1. The first-order valence-electron chi connectivity index (χ1n) is 6.21. The van der Waals surface area contributed by atoms with Crippen molar-refractivity contribution in [1.29, 1.82) is 0 Å². The largest absolute Gasteiger partial charge is 0.294 e. The second-order valence-electron chi connectivity index (χ2n) is 4.87. The summed E-state index contributed by atoms with van der Waals surface area (Å²) in [4.78, 5) is 12.5. The summed E-state index contributed by atoms with van der Waals surface area (Å²) in [5.41, 5.74) is 3.20. The number of hydrogen-bond acceptors (Lipinski definition) is 1. The average Bonchev–Trinajstić information content (AvgIpc) is 2.85. The Labute approximate surface area is 122 Å². The van der Waals surface area contributed by atoms with Crippen molar-refractivity contribution in [2.45, 2.75) is 12.8 Å². The van der Waals surface area contributed by atoms with Crippen LogP contribution >= 0.6 is 23.2 Å². The van der Waals surface area contributed by atoms with E-state index in [9.17, 15) is 4.79 Å². The van der Waals surface area contributed by atoms with Gasteiger partial charge in [-0.3, -0.25) is 4.79 Å². The van der Waals surface area contributed by atoms with E-state index in [2.05, 4.69) is 12.1 Å². The van der Waals surface area contributed by atoms with Crippen molar-refractivity contribution in [3.05, 3.63) is 69.2 Å². The maximum Gasteiger partial charge on any atom is 0.166 e. The minimum absolute atomic E-state index is 0.0228. The zero-order valence-corrected chi connectivity index (χ0v) is 11.7. The second kappa shape index (κ2) is 4.99. The molecular formula is C16H12Cl2O. The van der Waals surface area contributed by atoms with Crippen molar-refractivity contribution in [2.24, 2.45) is 5.92 Å². The number of carbonyl (C=O) groups is 1. The van der Waals surface area contributed by atoms with Crippen LogP contribution in [0.2, 0.25) is 10.0 Å². The summed E-state index contributed by atoms with van der Waals surface area (Å²) < 4.78 is 0. The van der Waals surface area contributed by atoms with Gasteiger partial charge in [-0.1, -0.05) is 47.5 Å². The summed E-state index contributed by atoms with van der Waals surface area (Å²) in [7, 11) is 0. The molecule has 0 fully saturated rings. The third-order valence-corrected chi connectivity index (χ3v) is 4.36. The quantitative estimate of drug-likeness (QED) is 0.739. The number of hydrogen-bond donors (Lipinski definition) is 0. The number of ketones is 1. The summed E-state index contributed by atoms with van der Waals surface area (Å²) in [5, 5.41) is 0.913. The summed E-state index contributed by atoms with van der Waals surface area (Å²) in [6.07, 6.45) is 1.63. The number of benzene rings is 2. The van der Waals surface area contributed by atoms with E-state index < -0.39 is 0 Å². The monoisotopic (exact) mass is 290 g/mol. The first-order chi connectivity index (χ1) is 9.15. The van der Waals surface area contributed by atoms with Gasteiger partial charge in [-0.05, 0) is 42.2 Å². The van der Waals surface area contributed by atoms with Gasteiger partial charge in [-0.2, -0.15) is 0 Å². The number of fused-ring (bicyclic) bond motifs is 1. The van der Waals surface area contributed by atoms with Gasteiger partial charge in [0.2, 0.25) is 0 Å². The lowest BCUT2D eigenvalue weighted by Crippen LogP contribution is -2.14. The lowest BCUT2D eigenvalue weighted by atomic mass is 9.95. The Morgan fingerprint density at radius 2 is 1.58 bits per heavy atom. The fraction of sp³-hybridized carbons (Fsp3) is 0.188. The maximum atomic E-state index is 12.5. The highest BCUT2D eigenvalue weighted by atomic mass is 35.5. The van der Waals surface area contributed by atoms with Crippen LogP contribution in [0.15, 0.2) is 42.5 Å². The molecule has 2 aromatic rings. The van der Waals surface area contributed by atoms with E-state index in [4.69, 9.17) is 23.2 Å². The van der Waals surface area contributed by atoms with Gasteiger partial charge in [0.1, 0.15) is 0 Å². The lowest BCUT2D eigenvalue weighted by Gasteiger charge is -2.08. The van der Waals surface area contributed by atoms with Gasteiger partial charge in [0.25, 0.3) is 0 Å². The van der Waals surface area contributed by atoms with Crippen LogP contribution in [0, 0.1) is 5.92 Å². The molecule has 0 radical (unpaired) electrons. The predicted octanol–water partition coefficient (Wildman–Crippen LogP) is 4.59. The molecule has 0 aromatic heterocycles. The van der Waals surface area contributed by atoms with Crippen LogP contribution in [-0.2, 0) is 12.8 Å². The van der Waals surface area contributed by atoms with Gasteiger partial charge < -0.3 is 0 Å². The zero-order chi connectivity index (χ0) is 13.4. The molecule has 0 heterocycles. The van der Waals surface area contributed by atoms with Crippen molar-refractivity contribution in [3.63, 3.8) is 0 Å². The molecule has 1 nitrogen and oxygen atoms in total.